The first kappa shape index (κ1) is 19.1. The van der Waals surface area contributed by atoms with E-state index in [1.54, 1.807) is 4.90 Å². The van der Waals surface area contributed by atoms with Crippen molar-refractivity contribution in [3.05, 3.63) is 24.3 Å². The monoisotopic (exact) mass is 402 g/mol. The molecule has 0 spiro atoms. The lowest BCUT2D eigenvalue weighted by molar-refractivity contribution is -0.117. The average Bonchev–Trinajstić information content (AvgIpc) is 3.36. The summed E-state index contributed by atoms with van der Waals surface area (Å²) in [4.78, 5) is 37.2. The topological polar surface area (TPSA) is 90.5 Å². The number of hydrogen-bond donors (Lipinski definition) is 3. The molecule has 28 heavy (non-hydrogen) atoms. The van der Waals surface area contributed by atoms with Gasteiger partial charge >= 0.3 is 6.03 Å². The zero-order valence-electron chi connectivity index (χ0n) is 15.8. The van der Waals surface area contributed by atoms with E-state index in [1.807, 2.05) is 36.0 Å². The summed E-state index contributed by atoms with van der Waals surface area (Å²) in [7, 11) is 0. The predicted octanol–water partition coefficient (Wildman–Crippen LogP) is 2.48. The summed E-state index contributed by atoms with van der Waals surface area (Å²) in [5.74, 6) is 1.14. The van der Waals surface area contributed by atoms with Gasteiger partial charge in [0.2, 0.25) is 11.8 Å². The number of fused-ring (bicyclic) bond motifs is 1. The Morgan fingerprint density at radius 3 is 2.75 bits per heavy atom. The van der Waals surface area contributed by atoms with E-state index in [-0.39, 0.29) is 29.9 Å². The van der Waals surface area contributed by atoms with Crippen molar-refractivity contribution >= 4 is 41.0 Å². The SMILES string of the molecule is O=C(CCCC[C@@H]1SC[C@@H]2NC(=O)N[C@H]21)Nc1ccc(N2CCCC2=O)cc1. The Labute approximate surface area is 169 Å². The molecular weight excluding hydrogens is 376 g/mol. The lowest BCUT2D eigenvalue weighted by atomic mass is 10.0. The Balaban J connectivity index is 1.17. The van der Waals surface area contributed by atoms with Crippen LogP contribution in [-0.2, 0) is 9.59 Å². The predicted molar refractivity (Wildman–Crippen MR) is 111 cm³/mol. The van der Waals surface area contributed by atoms with E-state index in [4.69, 9.17) is 0 Å². The molecule has 3 fully saturated rings. The number of hydrogen-bond acceptors (Lipinski definition) is 4. The first-order valence-corrected chi connectivity index (χ1v) is 11.0. The highest BCUT2D eigenvalue weighted by molar-refractivity contribution is 8.00. The molecule has 0 aromatic heterocycles. The Morgan fingerprint density at radius 1 is 1.18 bits per heavy atom. The van der Waals surface area contributed by atoms with Crippen LogP contribution in [0.4, 0.5) is 16.2 Å². The number of urea groups is 1. The summed E-state index contributed by atoms with van der Waals surface area (Å²) >= 11 is 1.90. The molecule has 3 atom stereocenters. The minimum Gasteiger partial charge on any atom is -0.332 e. The first-order valence-electron chi connectivity index (χ1n) is 9.99. The molecular formula is C20H26N4O3S. The van der Waals surface area contributed by atoms with Gasteiger partial charge in [-0.3, -0.25) is 9.59 Å². The molecule has 0 unspecified atom stereocenters. The van der Waals surface area contributed by atoms with Crippen molar-refractivity contribution in [2.45, 2.75) is 55.9 Å². The number of carbonyl (C=O) groups is 3. The summed E-state index contributed by atoms with van der Waals surface area (Å²) in [6.07, 6.45) is 4.83. The third kappa shape index (κ3) is 4.27. The van der Waals surface area contributed by atoms with Crippen LogP contribution < -0.4 is 20.9 Å². The Morgan fingerprint density at radius 2 is 2.00 bits per heavy atom. The molecule has 7 nitrogen and oxygen atoms in total. The normalized spacial score (nSPS) is 26.1. The lowest BCUT2D eigenvalue weighted by Gasteiger charge is -2.16. The molecule has 0 bridgehead atoms. The molecule has 4 amide bonds. The lowest BCUT2D eigenvalue weighted by Crippen LogP contribution is -2.36. The molecule has 3 heterocycles. The highest BCUT2D eigenvalue weighted by Crippen LogP contribution is 2.33. The maximum Gasteiger partial charge on any atom is 0.315 e. The Hall–Kier alpha value is -2.22. The van der Waals surface area contributed by atoms with E-state index in [0.717, 1.165) is 49.4 Å². The van der Waals surface area contributed by atoms with Crippen LogP contribution in [-0.4, -0.2) is 47.5 Å². The van der Waals surface area contributed by atoms with Gasteiger partial charge in [-0.2, -0.15) is 11.8 Å². The summed E-state index contributed by atoms with van der Waals surface area (Å²) < 4.78 is 0. The molecule has 1 aromatic carbocycles. The number of rotatable bonds is 7. The van der Waals surface area contributed by atoms with Gasteiger partial charge in [-0.1, -0.05) is 6.42 Å². The Kier molecular flexibility index (Phi) is 5.75. The number of nitrogens with one attached hydrogen (secondary N) is 3. The molecule has 0 saturated carbocycles. The summed E-state index contributed by atoms with van der Waals surface area (Å²) in [5, 5.41) is 9.32. The van der Waals surface area contributed by atoms with Gasteiger partial charge in [0.05, 0.1) is 12.1 Å². The number of nitrogens with zero attached hydrogens (tertiary/aromatic N) is 1. The van der Waals surface area contributed by atoms with Crippen molar-refractivity contribution in [2.24, 2.45) is 0 Å². The van der Waals surface area contributed by atoms with Gasteiger partial charge < -0.3 is 20.9 Å². The van der Waals surface area contributed by atoms with Gasteiger partial charge in [-0.15, -0.1) is 0 Å². The number of unbranched alkanes of at least 4 members (excludes halogenated alkanes) is 1. The number of amides is 4. The zero-order chi connectivity index (χ0) is 19.5. The molecule has 3 saturated heterocycles. The second-order valence-corrected chi connectivity index (χ2v) is 8.88. The van der Waals surface area contributed by atoms with Crippen LogP contribution in [0.2, 0.25) is 0 Å². The largest absolute Gasteiger partial charge is 0.332 e. The van der Waals surface area contributed by atoms with Crippen LogP contribution in [0.15, 0.2) is 24.3 Å². The van der Waals surface area contributed by atoms with Crippen molar-refractivity contribution in [3.63, 3.8) is 0 Å². The first-order chi connectivity index (χ1) is 13.6. The van der Waals surface area contributed by atoms with Gasteiger partial charge in [0.1, 0.15) is 0 Å². The van der Waals surface area contributed by atoms with Crippen LogP contribution in [0, 0.1) is 0 Å². The number of benzene rings is 1. The zero-order valence-corrected chi connectivity index (χ0v) is 16.6. The van der Waals surface area contributed by atoms with Crippen LogP contribution in [0.5, 0.6) is 0 Å². The molecule has 3 aliphatic heterocycles. The molecule has 3 N–H and O–H groups in total. The smallest absolute Gasteiger partial charge is 0.315 e. The third-order valence-electron chi connectivity index (χ3n) is 5.62. The van der Waals surface area contributed by atoms with Crippen molar-refractivity contribution in [1.29, 1.82) is 0 Å². The van der Waals surface area contributed by atoms with Crippen molar-refractivity contribution < 1.29 is 14.4 Å². The van der Waals surface area contributed by atoms with Gasteiger partial charge in [-0.25, -0.2) is 4.79 Å². The van der Waals surface area contributed by atoms with E-state index in [1.165, 1.54) is 0 Å². The van der Waals surface area contributed by atoms with Crippen molar-refractivity contribution in [1.82, 2.24) is 10.6 Å². The van der Waals surface area contributed by atoms with E-state index < -0.39 is 0 Å². The van der Waals surface area contributed by atoms with E-state index in [0.29, 0.717) is 18.1 Å². The fourth-order valence-corrected chi connectivity index (χ4v) is 5.69. The molecule has 1 aromatic rings. The quantitative estimate of drug-likeness (QED) is 0.483. The molecule has 4 rings (SSSR count). The van der Waals surface area contributed by atoms with Crippen LogP contribution >= 0.6 is 11.8 Å². The number of thioether (sulfide) groups is 1. The third-order valence-corrected chi connectivity index (χ3v) is 7.13. The van der Waals surface area contributed by atoms with Crippen LogP contribution in [0.25, 0.3) is 0 Å². The van der Waals surface area contributed by atoms with Gasteiger partial charge in [0.15, 0.2) is 0 Å². The molecule has 0 radical (unpaired) electrons. The standard InChI is InChI=1S/C20H26N4O3S/c25-17(5-2-1-4-16-19-15(12-28-16)22-20(27)23-19)21-13-7-9-14(10-8-13)24-11-3-6-18(24)26/h7-10,15-16,19H,1-6,11-12H2,(H,21,25)(H2,22,23,27)/t15-,16-,19+/m0/s1. The summed E-state index contributed by atoms with van der Waals surface area (Å²) in [5.41, 5.74) is 1.65. The fourth-order valence-electron chi connectivity index (χ4n) is 4.14. The minimum absolute atomic E-state index is 0.0118. The highest BCUT2D eigenvalue weighted by Gasteiger charge is 2.42. The summed E-state index contributed by atoms with van der Waals surface area (Å²) in [6.45, 7) is 0.769. The van der Waals surface area contributed by atoms with Gasteiger partial charge in [0.25, 0.3) is 0 Å². The van der Waals surface area contributed by atoms with E-state index in [9.17, 15) is 14.4 Å². The summed E-state index contributed by atoms with van der Waals surface area (Å²) in [6, 6.07) is 7.90. The van der Waals surface area contributed by atoms with E-state index in [2.05, 4.69) is 16.0 Å². The minimum atomic E-state index is -0.0557. The number of anilines is 2. The Bertz CT molecular complexity index is 754. The number of carbonyl (C=O) groups excluding carboxylic acids is 3. The van der Waals surface area contributed by atoms with Gasteiger partial charge in [-0.05, 0) is 43.5 Å². The second-order valence-electron chi connectivity index (χ2n) is 7.61. The molecule has 8 heteroatoms. The molecule has 150 valence electrons. The molecule has 0 aliphatic carbocycles. The van der Waals surface area contributed by atoms with Gasteiger partial charge in [0, 0.05) is 41.8 Å². The van der Waals surface area contributed by atoms with Crippen LogP contribution in [0.3, 0.4) is 0 Å². The average molecular weight is 403 g/mol. The van der Waals surface area contributed by atoms with Crippen molar-refractivity contribution in [3.8, 4) is 0 Å². The molecule has 3 aliphatic rings. The maximum atomic E-state index is 12.2. The van der Waals surface area contributed by atoms with Crippen molar-refractivity contribution in [2.75, 3.05) is 22.5 Å². The maximum absolute atomic E-state index is 12.2. The second kappa shape index (κ2) is 8.43. The fraction of sp³-hybridized carbons (Fsp3) is 0.550. The van der Waals surface area contributed by atoms with E-state index >= 15 is 0 Å². The van der Waals surface area contributed by atoms with Crippen LogP contribution in [0.1, 0.15) is 38.5 Å². The highest BCUT2D eigenvalue weighted by atomic mass is 32.2.